The van der Waals surface area contributed by atoms with Crippen LogP contribution in [0.25, 0.3) is 11.0 Å². The van der Waals surface area contributed by atoms with Crippen LogP contribution in [-0.2, 0) is 4.79 Å². The number of carbonyl (C=O) groups excluding carboxylic acids is 1. The lowest BCUT2D eigenvalue weighted by Crippen LogP contribution is -2.14. The lowest BCUT2D eigenvalue weighted by molar-refractivity contribution is -0.113. The van der Waals surface area contributed by atoms with Gasteiger partial charge in [-0.05, 0) is 37.3 Å². The van der Waals surface area contributed by atoms with Crippen LogP contribution in [0.5, 0.6) is 0 Å². The van der Waals surface area contributed by atoms with Gasteiger partial charge in [-0.1, -0.05) is 47.1 Å². The van der Waals surface area contributed by atoms with E-state index < -0.39 is 0 Å². The third-order valence-corrected chi connectivity index (χ3v) is 4.86. The summed E-state index contributed by atoms with van der Waals surface area (Å²) in [5, 5.41) is 4.44. The summed E-state index contributed by atoms with van der Waals surface area (Å²) in [6.07, 6.45) is 0. The fraction of sp³-hybridized carbons (Fsp3) is 0.118. The minimum absolute atomic E-state index is 0.168. The highest BCUT2D eigenvalue weighted by molar-refractivity contribution is 8.00. The first-order valence-electron chi connectivity index (χ1n) is 7.14. The zero-order valence-electron chi connectivity index (χ0n) is 12.7. The molecule has 3 aromatic rings. The molecule has 0 saturated carbocycles. The number of rotatable bonds is 4. The maximum absolute atomic E-state index is 12.1. The van der Waals surface area contributed by atoms with Gasteiger partial charge in [-0.25, -0.2) is 9.97 Å². The van der Waals surface area contributed by atoms with E-state index in [2.05, 4.69) is 15.3 Å². The molecule has 0 bridgehead atoms. The molecular formula is C17H13Cl2N3OS. The van der Waals surface area contributed by atoms with E-state index in [-0.39, 0.29) is 11.7 Å². The predicted octanol–water partition coefficient (Wildman–Crippen LogP) is 4.98. The number of anilines is 1. The lowest BCUT2D eigenvalue weighted by atomic mass is 10.3. The Hall–Kier alpha value is -1.82. The van der Waals surface area contributed by atoms with E-state index in [4.69, 9.17) is 23.2 Å². The van der Waals surface area contributed by atoms with Crippen molar-refractivity contribution in [3.8, 4) is 0 Å². The largest absolute Gasteiger partial charge is 0.324 e. The van der Waals surface area contributed by atoms with Gasteiger partial charge in [0.2, 0.25) is 5.91 Å². The molecule has 122 valence electrons. The Morgan fingerprint density at radius 1 is 1.12 bits per heavy atom. The van der Waals surface area contributed by atoms with Crippen molar-refractivity contribution >= 4 is 57.6 Å². The lowest BCUT2D eigenvalue weighted by Gasteiger charge is -2.08. The number of para-hydroxylation sites is 2. The van der Waals surface area contributed by atoms with Crippen LogP contribution in [0.1, 0.15) is 5.69 Å². The van der Waals surface area contributed by atoms with Gasteiger partial charge in [0.1, 0.15) is 5.03 Å². The number of halogens is 2. The Bertz CT molecular complexity index is 917. The van der Waals surface area contributed by atoms with Crippen LogP contribution in [0.3, 0.4) is 0 Å². The number of amides is 1. The normalized spacial score (nSPS) is 10.8. The number of aryl methyl sites for hydroxylation is 1. The van der Waals surface area contributed by atoms with Crippen LogP contribution < -0.4 is 5.32 Å². The fourth-order valence-electron chi connectivity index (χ4n) is 2.12. The molecule has 1 heterocycles. The quantitative estimate of drug-likeness (QED) is 0.651. The third kappa shape index (κ3) is 3.98. The van der Waals surface area contributed by atoms with Crippen molar-refractivity contribution in [2.45, 2.75) is 11.9 Å². The second kappa shape index (κ2) is 7.38. The molecule has 0 fully saturated rings. The summed E-state index contributed by atoms with van der Waals surface area (Å²) in [7, 11) is 0. The van der Waals surface area contributed by atoms with E-state index in [9.17, 15) is 4.79 Å². The second-order valence-electron chi connectivity index (χ2n) is 5.06. The molecule has 0 atom stereocenters. The van der Waals surface area contributed by atoms with Crippen LogP contribution in [0.15, 0.2) is 47.5 Å². The molecule has 0 aliphatic carbocycles. The van der Waals surface area contributed by atoms with E-state index in [0.29, 0.717) is 15.7 Å². The Labute approximate surface area is 153 Å². The Morgan fingerprint density at radius 2 is 1.83 bits per heavy atom. The van der Waals surface area contributed by atoms with Gasteiger partial charge in [-0.3, -0.25) is 4.79 Å². The van der Waals surface area contributed by atoms with Gasteiger partial charge in [-0.15, -0.1) is 0 Å². The van der Waals surface area contributed by atoms with Crippen molar-refractivity contribution < 1.29 is 4.79 Å². The van der Waals surface area contributed by atoms with Gasteiger partial charge in [-0.2, -0.15) is 0 Å². The molecule has 24 heavy (non-hydrogen) atoms. The highest BCUT2D eigenvalue weighted by atomic mass is 35.5. The minimum Gasteiger partial charge on any atom is -0.324 e. The number of hydrogen-bond acceptors (Lipinski definition) is 4. The summed E-state index contributed by atoms with van der Waals surface area (Å²) in [5.41, 5.74) is 2.99. The highest BCUT2D eigenvalue weighted by Crippen LogP contribution is 2.26. The Kier molecular flexibility index (Phi) is 5.23. The molecule has 0 unspecified atom stereocenters. The first kappa shape index (κ1) is 17.0. The molecule has 4 nitrogen and oxygen atoms in total. The number of fused-ring (bicyclic) bond motifs is 1. The second-order valence-corrected chi connectivity index (χ2v) is 6.87. The molecule has 0 saturated heterocycles. The van der Waals surface area contributed by atoms with E-state index in [1.54, 1.807) is 18.2 Å². The number of carbonyl (C=O) groups is 1. The highest BCUT2D eigenvalue weighted by Gasteiger charge is 2.10. The molecule has 0 aliphatic rings. The van der Waals surface area contributed by atoms with E-state index >= 15 is 0 Å². The van der Waals surface area contributed by atoms with Crippen molar-refractivity contribution in [3.63, 3.8) is 0 Å². The van der Waals surface area contributed by atoms with Crippen LogP contribution in [-0.4, -0.2) is 21.6 Å². The number of aromatic nitrogens is 2. The van der Waals surface area contributed by atoms with Crippen molar-refractivity contribution in [3.05, 3.63) is 58.2 Å². The van der Waals surface area contributed by atoms with Crippen molar-refractivity contribution in [2.24, 2.45) is 0 Å². The first-order chi connectivity index (χ1) is 11.5. The summed E-state index contributed by atoms with van der Waals surface area (Å²) >= 11 is 13.2. The number of thioether (sulfide) groups is 1. The molecule has 2 aromatic carbocycles. The van der Waals surface area contributed by atoms with Crippen molar-refractivity contribution in [1.29, 1.82) is 0 Å². The Morgan fingerprint density at radius 3 is 2.54 bits per heavy atom. The van der Waals surface area contributed by atoms with Crippen LogP contribution >= 0.6 is 35.0 Å². The van der Waals surface area contributed by atoms with Crippen molar-refractivity contribution in [2.75, 3.05) is 11.1 Å². The number of nitrogens with zero attached hydrogens (tertiary/aromatic N) is 2. The SMILES string of the molecule is Cc1nc2ccccc2nc1SCC(=O)Nc1ccc(Cl)cc1Cl. The van der Waals surface area contributed by atoms with Crippen LogP contribution in [0.4, 0.5) is 5.69 Å². The first-order valence-corrected chi connectivity index (χ1v) is 8.88. The van der Waals surface area contributed by atoms with Gasteiger partial charge in [0.15, 0.2) is 0 Å². The van der Waals surface area contributed by atoms with Crippen LogP contribution in [0.2, 0.25) is 10.0 Å². The molecule has 1 aromatic heterocycles. The maximum atomic E-state index is 12.1. The predicted molar refractivity (Wildman–Crippen MR) is 100 cm³/mol. The van der Waals surface area contributed by atoms with Gasteiger partial charge < -0.3 is 5.32 Å². The average Bonchev–Trinajstić information content (AvgIpc) is 2.55. The van der Waals surface area contributed by atoms with Gasteiger partial charge in [0, 0.05) is 5.02 Å². The standard InChI is InChI=1S/C17H13Cl2N3OS/c1-10-17(22-15-5-3-2-4-14(15)20-10)24-9-16(23)21-13-7-6-11(18)8-12(13)19/h2-8H,9H2,1H3,(H,21,23). The summed E-state index contributed by atoms with van der Waals surface area (Å²) in [4.78, 5) is 21.2. The van der Waals surface area contributed by atoms with Crippen LogP contribution in [0, 0.1) is 6.92 Å². The minimum atomic E-state index is -0.168. The smallest absolute Gasteiger partial charge is 0.234 e. The molecular weight excluding hydrogens is 365 g/mol. The summed E-state index contributed by atoms with van der Waals surface area (Å²) in [6.45, 7) is 1.88. The van der Waals surface area contributed by atoms with E-state index in [0.717, 1.165) is 21.8 Å². The molecule has 7 heteroatoms. The molecule has 1 N–H and O–H groups in total. The van der Waals surface area contributed by atoms with E-state index in [1.165, 1.54) is 11.8 Å². The molecule has 1 amide bonds. The molecule has 0 radical (unpaired) electrons. The van der Waals surface area contributed by atoms with E-state index in [1.807, 2.05) is 31.2 Å². The summed E-state index contributed by atoms with van der Waals surface area (Å²) in [5.74, 6) is 0.0471. The zero-order chi connectivity index (χ0) is 17.1. The third-order valence-electron chi connectivity index (χ3n) is 3.25. The average molecular weight is 378 g/mol. The van der Waals surface area contributed by atoms with Gasteiger partial charge >= 0.3 is 0 Å². The number of benzene rings is 2. The van der Waals surface area contributed by atoms with Crippen molar-refractivity contribution in [1.82, 2.24) is 9.97 Å². The van der Waals surface area contributed by atoms with Gasteiger partial charge in [0.25, 0.3) is 0 Å². The summed E-state index contributed by atoms with van der Waals surface area (Å²) in [6, 6.07) is 12.6. The topological polar surface area (TPSA) is 54.9 Å². The fourth-order valence-corrected chi connectivity index (χ4v) is 3.33. The van der Waals surface area contributed by atoms with Gasteiger partial charge in [0.05, 0.1) is 33.2 Å². The number of nitrogens with one attached hydrogen (secondary N) is 1. The molecule has 0 aliphatic heterocycles. The number of hydrogen-bond donors (Lipinski definition) is 1. The maximum Gasteiger partial charge on any atom is 0.234 e. The molecule has 0 spiro atoms. The summed E-state index contributed by atoms with van der Waals surface area (Å²) < 4.78 is 0. The zero-order valence-corrected chi connectivity index (χ0v) is 15.0. The monoisotopic (exact) mass is 377 g/mol. The Balaban J connectivity index is 1.69. The molecule has 3 rings (SSSR count).